The molecule has 6 heteroatoms. The van der Waals surface area contributed by atoms with E-state index < -0.39 is 5.82 Å². The van der Waals surface area contributed by atoms with Gasteiger partial charge in [-0.3, -0.25) is 0 Å². The summed E-state index contributed by atoms with van der Waals surface area (Å²) in [7, 11) is 0. The van der Waals surface area contributed by atoms with Crippen molar-refractivity contribution in [3.63, 3.8) is 0 Å². The summed E-state index contributed by atoms with van der Waals surface area (Å²) in [4.78, 5) is 1.29. The molecule has 1 aromatic heterocycles. The Morgan fingerprint density at radius 3 is 2.53 bits per heavy atom. The second kappa shape index (κ2) is 5.13. The molecule has 1 nitrogen and oxygen atoms in total. The van der Waals surface area contributed by atoms with E-state index in [1.165, 1.54) is 22.6 Å². The monoisotopic (exact) mass is 335 g/mol. The number of aryl methyl sites for hydroxylation is 1. The van der Waals surface area contributed by atoms with Crippen LogP contribution < -0.4 is 5.32 Å². The standard InChI is InChI=1S/C13H9Cl3FNS/c14-8-3-6(17)4-9(15)13(8)18-10-1-2-11-7(10)5-12(16)19-11/h3-5,10,18H,1-2H2. The zero-order valence-corrected chi connectivity index (χ0v) is 12.7. The average Bonchev–Trinajstić information content (AvgIpc) is 2.83. The Morgan fingerprint density at radius 2 is 1.84 bits per heavy atom. The van der Waals surface area contributed by atoms with Crippen molar-refractivity contribution in [3.8, 4) is 0 Å². The summed E-state index contributed by atoms with van der Waals surface area (Å²) in [5.41, 5.74) is 1.76. The zero-order chi connectivity index (χ0) is 13.6. The summed E-state index contributed by atoms with van der Waals surface area (Å²) in [5, 5.41) is 3.87. The van der Waals surface area contributed by atoms with E-state index in [2.05, 4.69) is 5.32 Å². The second-order valence-corrected chi connectivity index (χ2v) is 6.99. The number of halogens is 4. The molecule has 1 aliphatic carbocycles. The summed E-state index contributed by atoms with van der Waals surface area (Å²) in [6.07, 6.45) is 1.95. The lowest BCUT2D eigenvalue weighted by atomic mass is 10.1. The molecule has 0 bridgehead atoms. The Balaban J connectivity index is 1.91. The predicted molar refractivity (Wildman–Crippen MR) is 80.4 cm³/mol. The number of anilines is 1. The number of thiophene rings is 1. The number of nitrogens with one attached hydrogen (secondary N) is 1. The number of hydrogen-bond acceptors (Lipinski definition) is 2. The fourth-order valence-electron chi connectivity index (χ4n) is 2.33. The van der Waals surface area contributed by atoms with Crippen molar-refractivity contribution >= 4 is 51.8 Å². The highest BCUT2D eigenvalue weighted by molar-refractivity contribution is 7.16. The molecule has 1 aliphatic rings. The average molecular weight is 337 g/mol. The molecule has 1 heterocycles. The van der Waals surface area contributed by atoms with Crippen LogP contribution in [0.15, 0.2) is 18.2 Å². The quantitative estimate of drug-likeness (QED) is 0.715. The Morgan fingerprint density at radius 1 is 1.16 bits per heavy atom. The van der Waals surface area contributed by atoms with Gasteiger partial charge in [-0.15, -0.1) is 11.3 Å². The van der Waals surface area contributed by atoms with Gasteiger partial charge in [0.15, 0.2) is 0 Å². The maximum absolute atomic E-state index is 13.2. The van der Waals surface area contributed by atoms with Gasteiger partial charge >= 0.3 is 0 Å². The Bertz CT molecular complexity index is 618. The van der Waals surface area contributed by atoms with Crippen LogP contribution in [-0.4, -0.2) is 0 Å². The van der Waals surface area contributed by atoms with Gasteiger partial charge in [-0.2, -0.15) is 0 Å². The van der Waals surface area contributed by atoms with Gasteiger partial charge in [0.1, 0.15) is 5.82 Å². The van der Waals surface area contributed by atoms with E-state index in [0.717, 1.165) is 17.2 Å². The van der Waals surface area contributed by atoms with E-state index in [-0.39, 0.29) is 6.04 Å². The summed E-state index contributed by atoms with van der Waals surface area (Å²) in [6.45, 7) is 0. The van der Waals surface area contributed by atoms with Gasteiger partial charge in [-0.05, 0) is 36.6 Å². The lowest BCUT2D eigenvalue weighted by Crippen LogP contribution is -2.07. The predicted octanol–water partition coefficient (Wildman–Crippen LogP) is 5.95. The molecule has 3 rings (SSSR count). The highest BCUT2D eigenvalue weighted by atomic mass is 35.5. The van der Waals surface area contributed by atoms with Gasteiger partial charge in [0.05, 0.1) is 26.1 Å². The minimum absolute atomic E-state index is 0.124. The van der Waals surface area contributed by atoms with Gasteiger partial charge in [0.2, 0.25) is 0 Å². The smallest absolute Gasteiger partial charge is 0.126 e. The van der Waals surface area contributed by atoms with Crippen molar-refractivity contribution in [2.24, 2.45) is 0 Å². The second-order valence-electron chi connectivity index (χ2n) is 4.41. The maximum Gasteiger partial charge on any atom is 0.126 e. The topological polar surface area (TPSA) is 12.0 Å². The Labute approximate surface area is 129 Å². The molecular weight excluding hydrogens is 328 g/mol. The van der Waals surface area contributed by atoms with Crippen LogP contribution >= 0.6 is 46.1 Å². The minimum Gasteiger partial charge on any atom is -0.376 e. The summed E-state index contributed by atoms with van der Waals surface area (Å²) >= 11 is 19.7. The van der Waals surface area contributed by atoms with Gasteiger partial charge < -0.3 is 5.32 Å². The van der Waals surface area contributed by atoms with E-state index in [1.807, 2.05) is 6.07 Å². The SMILES string of the molecule is Fc1cc(Cl)c(NC2CCc3sc(Cl)cc32)c(Cl)c1. The van der Waals surface area contributed by atoms with E-state index in [4.69, 9.17) is 34.8 Å². The first-order chi connectivity index (χ1) is 9.04. The molecule has 0 spiro atoms. The van der Waals surface area contributed by atoms with E-state index in [9.17, 15) is 4.39 Å². The highest BCUT2D eigenvalue weighted by Gasteiger charge is 2.26. The molecule has 0 fully saturated rings. The fourth-order valence-corrected chi connectivity index (χ4v) is 4.26. The van der Waals surface area contributed by atoms with Crippen LogP contribution in [0, 0.1) is 5.82 Å². The zero-order valence-electron chi connectivity index (χ0n) is 9.64. The van der Waals surface area contributed by atoms with Gasteiger partial charge in [-0.25, -0.2) is 4.39 Å². The third-order valence-corrected chi connectivity index (χ3v) is 5.11. The van der Waals surface area contributed by atoms with Crippen LogP contribution in [0.1, 0.15) is 22.9 Å². The number of rotatable bonds is 2. The van der Waals surface area contributed by atoms with Crippen molar-refractivity contribution in [2.45, 2.75) is 18.9 Å². The molecule has 0 radical (unpaired) electrons. The number of benzene rings is 1. The van der Waals surface area contributed by atoms with E-state index >= 15 is 0 Å². The lowest BCUT2D eigenvalue weighted by Gasteiger charge is -2.17. The van der Waals surface area contributed by atoms with Gasteiger partial charge in [-0.1, -0.05) is 34.8 Å². The van der Waals surface area contributed by atoms with Crippen molar-refractivity contribution in [3.05, 3.63) is 48.8 Å². The molecule has 2 aromatic rings. The number of fused-ring (bicyclic) bond motifs is 1. The van der Waals surface area contributed by atoms with Crippen LogP contribution in [0.5, 0.6) is 0 Å². The van der Waals surface area contributed by atoms with Crippen LogP contribution in [-0.2, 0) is 6.42 Å². The normalized spacial score (nSPS) is 17.6. The molecule has 0 amide bonds. The summed E-state index contributed by atoms with van der Waals surface area (Å²) in [6, 6.07) is 4.61. The van der Waals surface area contributed by atoms with Crippen molar-refractivity contribution < 1.29 is 4.39 Å². The molecular formula is C13H9Cl3FNS. The maximum atomic E-state index is 13.2. The highest BCUT2D eigenvalue weighted by Crippen LogP contribution is 2.43. The van der Waals surface area contributed by atoms with Crippen LogP contribution in [0.2, 0.25) is 14.4 Å². The van der Waals surface area contributed by atoms with Crippen LogP contribution in [0.3, 0.4) is 0 Å². The molecule has 1 unspecified atom stereocenters. The van der Waals surface area contributed by atoms with Crippen molar-refractivity contribution in [1.29, 1.82) is 0 Å². The largest absolute Gasteiger partial charge is 0.376 e. The minimum atomic E-state index is -0.439. The van der Waals surface area contributed by atoms with Gasteiger partial charge in [0, 0.05) is 4.88 Å². The summed E-state index contributed by atoms with van der Waals surface area (Å²) in [5.74, 6) is -0.439. The Hall–Kier alpha value is -0.480. The van der Waals surface area contributed by atoms with Gasteiger partial charge in [0.25, 0.3) is 0 Å². The molecule has 0 saturated carbocycles. The molecule has 1 atom stereocenters. The molecule has 1 N–H and O–H groups in total. The third kappa shape index (κ3) is 2.57. The summed E-state index contributed by atoms with van der Waals surface area (Å²) < 4.78 is 13.9. The molecule has 100 valence electrons. The van der Waals surface area contributed by atoms with Crippen LogP contribution in [0.25, 0.3) is 0 Å². The third-order valence-electron chi connectivity index (χ3n) is 3.17. The fraction of sp³-hybridized carbons (Fsp3) is 0.231. The first-order valence-corrected chi connectivity index (χ1v) is 7.69. The van der Waals surface area contributed by atoms with Crippen molar-refractivity contribution in [1.82, 2.24) is 0 Å². The molecule has 19 heavy (non-hydrogen) atoms. The van der Waals surface area contributed by atoms with Crippen molar-refractivity contribution in [2.75, 3.05) is 5.32 Å². The first-order valence-electron chi connectivity index (χ1n) is 5.74. The van der Waals surface area contributed by atoms with E-state index in [0.29, 0.717) is 15.7 Å². The van der Waals surface area contributed by atoms with E-state index in [1.54, 1.807) is 11.3 Å². The van der Waals surface area contributed by atoms with Crippen LogP contribution in [0.4, 0.5) is 10.1 Å². The molecule has 0 aliphatic heterocycles. The lowest BCUT2D eigenvalue weighted by molar-refractivity contribution is 0.628. The Kier molecular flexibility index (Phi) is 3.65. The first kappa shape index (κ1) is 13.5. The number of hydrogen-bond donors (Lipinski definition) is 1. The molecule has 0 saturated heterocycles. The molecule has 1 aromatic carbocycles.